The van der Waals surface area contributed by atoms with Crippen molar-refractivity contribution in [1.29, 1.82) is 0 Å². The minimum atomic E-state index is -3.28. The fourth-order valence-corrected chi connectivity index (χ4v) is 5.25. The van der Waals surface area contributed by atoms with Crippen molar-refractivity contribution in [2.24, 2.45) is 5.92 Å². The fraction of sp³-hybridized carbons (Fsp3) is 0.684. The second kappa shape index (κ2) is 7.84. The number of benzene rings is 1. The average molecular weight is 382 g/mol. The Hall–Kier alpha value is -1.15. The normalized spacial score (nSPS) is 26.0. The van der Waals surface area contributed by atoms with Crippen LogP contribution < -0.4 is 4.90 Å². The van der Waals surface area contributed by atoms with E-state index in [1.807, 2.05) is 0 Å². The van der Waals surface area contributed by atoms with Crippen molar-refractivity contribution in [3.63, 3.8) is 0 Å². The molecule has 1 N–H and O–H groups in total. The first-order valence-corrected chi connectivity index (χ1v) is 11.0. The third kappa shape index (κ3) is 4.39. The van der Waals surface area contributed by atoms with Gasteiger partial charge in [-0.1, -0.05) is 12.1 Å². The number of β-amino-alcohol motifs (C(OH)–C–C–N with tert-alkyl or cyclic N) is 1. The van der Waals surface area contributed by atoms with E-state index >= 15 is 0 Å². The summed E-state index contributed by atoms with van der Waals surface area (Å²) in [5, 5.41) is 10.4. The number of sulfonamides is 1. The molecule has 2 atom stereocenters. The van der Waals surface area contributed by atoms with E-state index in [0.29, 0.717) is 19.1 Å². The Labute approximate surface area is 157 Å². The smallest absolute Gasteiger partial charge is 0.214 e. The van der Waals surface area contributed by atoms with Gasteiger partial charge in [-0.25, -0.2) is 12.7 Å². The SMILES string of the molecule is Cc1cccc(N2CCC(N3C[C@@H](CS(=O)(=O)N(C)C)[C@H](O)C3)CC2)c1. The van der Waals surface area contributed by atoms with Crippen LogP contribution in [0.1, 0.15) is 18.4 Å². The molecule has 1 aromatic rings. The Morgan fingerprint density at radius 1 is 1.19 bits per heavy atom. The van der Waals surface area contributed by atoms with Crippen molar-refractivity contribution in [3.05, 3.63) is 29.8 Å². The van der Waals surface area contributed by atoms with Gasteiger partial charge >= 0.3 is 0 Å². The number of likely N-dealkylation sites (tertiary alicyclic amines) is 1. The van der Waals surface area contributed by atoms with Crippen LogP contribution in [-0.4, -0.2) is 80.9 Å². The first-order valence-electron chi connectivity index (χ1n) is 9.40. The predicted molar refractivity (Wildman–Crippen MR) is 105 cm³/mol. The van der Waals surface area contributed by atoms with Crippen LogP contribution in [0.5, 0.6) is 0 Å². The van der Waals surface area contributed by atoms with Crippen LogP contribution in [0.3, 0.4) is 0 Å². The van der Waals surface area contributed by atoms with Crippen LogP contribution in [0, 0.1) is 12.8 Å². The third-order valence-corrected chi connectivity index (χ3v) is 7.73. The highest BCUT2D eigenvalue weighted by Crippen LogP contribution is 2.28. The Balaban J connectivity index is 1.55. The Morgan fingerprint density at radius 2 is 1.88 bits per heavy atom. The molecule has 1 aromatic carbocycles. The minimum absolute atomic E-state index is 0.0276. The van der Waals surface area contributed by atoms with Gasteiger partial charge in [0.1, 0.15) is 0 Å². The maximum Gasteiger partial charge on any atom is 0.214 e. The Morgan fingerprint density at radius 3 is 2.50 bits per heavy atom. The summed E-state index contributed by atoms with van der Waals surface area (Å²) in [6.45, 7) is 5.37. The summed E-state index contributed by atoms with van der Waals surface area (Å²) in [5.41, 5.74) is 2.55. The van der Waals surface area contributed by atoms with Crippen molar-refractivity contribution in [3.8, 4) is 0 Å². The van der Waals surface area contributed by atoms with Gasteiger partial charge in [-0.15, -0.1) is 0 Å². The zero-order valence-corrected chi connectivity index (χ0v) is 16.8. The average Bonchev–Trinajstić information content (AvgIpc) is 2.95. The van der Waals surface area contributed by atoms with Crippen molar-refractivity contribution in [2.45, 2.75) is 31.9 Å². The van der Waals surface area contributed by atoms with Gasteiger partial charge in [0.2, 0.25) is 10.0 Å². The van der Waals surface area contributed by atoms with Crippen molar-refractivity contribution >= 4 is 15.7 Å². The summed E-state index contributed by atoms with van der Waals surface area (Å²) >= 11 is 0. The summed E-state index contributed by atoms with van der Waals surface area (Å²) in [5.74, 6) is -0.169. The molecule has 2 aliphatic heterocycles. The van der Waals surface area contributed by atoms with Gasteiger partial charge in [-0.3, -0.25) is 4.90 Å². The summed E-state index contributed by atoms with van der Waals surface area (Å²) in [6.07, 6.45) is 1.54. The van der Waals surface area contributed by atoms with Gasteiger partial charge in [0, 0.05) is 57.9 Å². The largest absolute Gasteiger partial charge is 0.391 e. The number of hydrogen-bond acceptors (Lipinski definition) is 5. The number of anilines is 1. The van der Waals surface area contributed by atoms with E-state index < -0.39 is 16.1 Å². The molecular formula is C19H31N3O3S. The highest BCUT2D eigenvalue weighted by atomic mass is 32.2. The van der Waals surface area contributed by atoms with E-state index in [1.54, 1.807) is 14.1 Å². The number of nitrogens with zero attached hydrogens (tertiary/aromatic N) is 3. The number of hydrogen-bond donors (Lipinski definition) is 1. The lowest BCUT2D eigenvalue weighted by atomic mass is 10.0. The molecule has 0 aromatic heterocycles. The number of rotatable bonds is 5. The summed E-state index contributed by atoms with van der Waals surface area (Å²) < 4.78 is 25.5. The lowest BCUT2D eigenvalue weighted by Crippen LogP contribution is -2.44. The summed E-state index contributed by atoms with van der Waals surface area (Å²) in [6, 6.07) is 9.03. The second-order valence-electron chi connectivity index (χ2n) is 7.90. The van der Waals surface area contributed by atoms with E-state index in [-0.39, 0.29) is 11.7 Å². The molecule has 26 heavy (non-hydrogen) atoms. The van der Waals surface area contributed by atoms with Gasteiger partial charge in [0.05, 0.1) is 11.9 Å². The van der Waals surface area contributed by atoms with Crippen LogP contribution in [-0.2, 0) is 10.0 Å². The molecule has 0 radical (unpaired) electrons. The maximum absolute atomic E-state index is 12.1. The molecule has 0 spiro atoms. The molecule has 2 aliphatic rings. The lowest BCUT2D eigenvalue weighted by Gasteiger charge is -2.38. The van der Waals surface area contributed by atoms with Gasteiger partial charge < -0.3 is 10.0 Å². The first kappa shape index (κ1) is 19.6. The van der Waals surface area contributed by atoms with Gasteiger partial charge in [0.25, 0.3) is 0 Å². The van der Waals surface area contributed by atoms with Crippen LogP contribution in [0.4, 0.5) is 5.69 Å². The molecule has 2 fully saturated rings. The molecule has 7 heteroatoms. The second-order valence-corrected chi connectivity index (χ2v) is 10.1. The van der Waals surface area contributed by atoms with Crippen molar-refractivity contribution in [1.82, 2.24) is 9.21 Å². The van der Waals surface area contributed by atoms with Gasteiger partial charge in [-0.05, 0) is 37.5 Å². The van der Waals surface area contributed by atoms with E-state index in [9.17, 15) is 13.5 Å². The van der Waals surface area contributed by atoms with Gasteiger partial charge in [0.15, 0.2) is 0 Å². The number of aliphatic hydroxyl groups is 1. The third-order valence-electron chi connectivity index (χ3n) is 5.76. The maximum atomic E-state index is 12.1. The van der Waals surface area contributed by atoms with E-state index in [2.05, 4.69) is 41.0 Å². The molecule has 3 rings (SSSR count). The van der Waals surface area contributed by atoms with Gasteiger partial charge in [-0.2, -0.15) is 0 Å². The Kier molecular flexibility index (Phi) is 5.91. The zero-order valence-electron chi connectivity index (χ0n) is 16.0. The van der Waals surface area contributed by atoms with Crippen molar-refractivity contribution < 1.29 is 13.5 Å². The quantitative estimate of drug-likeness (QED) is 0.829. The van der Waals surface area contributed by atoms with Crippen LogP contribution in [0.2, 0.25) is 0 Å². The Bertz CT molecular complexity index is 714. The lowest BCUT2D eigenvalue weighted by molar-refractivity contribution is 0.136. The molecular weight excluding hydrogens is 350 g/mol. The molecule has 0 bridgehead atoms. The predicted octanol–water partition coefficient (Wildman–Crippen LogP) is 1.15. The zero-order chi connectivity index (χ0) is 18.9. The molecule has 2 saturated heterocycles. The van der Waals surface area contributed by atoms with Crippen molar-refractivity contribution in [2.75, 3.05) is 50.9 Å². The molecule has 146 valence electrons. The standard InChI is InChI=1S/C19H31N3O3S/c1-15-5-4-6-18(11-15)21-9-7-17(8-10-21)22-12-16(19(23)13-22)14-26(24,25)20(2)3/h4-6,11,16-17,19,23H,7-10,12-14H2,1-3H3/t16-,19+/m0/s1. The monoisotopic (exact) mass is 381 g/mol. The highest BCUT2D eigenvalue weighted by Gasteiger charge is 2.38. The van der Waals surface area contributed by atoms with E-state index in [4.69, 9.17) is 0 Å². The molecule has 0 saturated carbocycles. The van der Waals surface area contributed by atoms with Crippen LogP contribution in [0.25, 0.3) is 0 Å². The van der Waals surface area contributed by atoms with E-state index in [0.717, 1.165) is 25.9 Å². The molecule has 6 nitrogen and oxygen atoms in total. The van der Waals surface area contributed by atoms with E-state index in [1.165, 1.54) is 15.6 Å². The summed E-state index contributed by atoms with van der Waals surface area (Å²) in [4.78, 5) is 4.72. The van der Waals surface area contributed by atoms with Crippen LogP contribution >= 0.6 is 0 Å². The molecule has 0 amide bonds. The molecule has 0 unspecified atom stereocenters. The fourth-order valence-electron chi connectivity index (χ4n) is 4.08. The van der Waals surface area contributed by atoms with Crippen LogP contribution in [0.15, 0.2) is 24.3 Å². The number of aliphatic hydroxyl groups excluding tert-OH is 1. The first-order chi connectivity index (χ1) is 12.3. The number of aryl methyl sites for hydroxylation is 1. The minimum Gasteiger partial charge on any atom is -0.391 e. The topological polar surface area (TPSA) is 64.1 Å². The molecule has 2 heterocycles. The summed E-state index contributed by atoms with van der Waals surface area (Å²) in [7, 11) is -0.177. The molecule has 0 aliphatic carbocycles. The number of piperidine rings is 1. The highest BCUT2D eigenvalue weighted by molar-refractivity contribution is 7.89.